The minimum absolute atomic E-state index is 0.340. The molecule has 0 bridgehead atoms. The van der Waals surface area contributed by atoms with E-state index in [0.29, 0.717) is 45.3 Å². The first-order valence-electron chi connectivity index (χ1n) is 7.10. The van der Waals surface area contributed by atoms with E-state index in [1.165, 1.54) is 4.90 Å². The maximum absolute atomic E-state index is 13.5. The lowest BCUT2D eigenvalue weighted by Gasteiger charge is -2.34. The van der Waals surface area contributed by atoms with Crippen LogP contribution in [0.15, 0.2) is 12.1 Å². The highest BCUT2D eigenvalue weighted by atomic mass is 19.2. The first-order valence-corrected chi connectivity index (χ1v) is 7.10. The second kappa shape index (κ2) is 7.42. The predicted octanol–water partition coefficient (Wildman–Crippen LogP) is 0.145. The highest BCUT2D eigenvalue weighted by Crippen LogP contribution is 2.19. The summed E-state index contributed by atoms with van der Waals surface area (Å²) in [6.07, 6.45) is 0. The number of hydrogen-bond donors (Lipinski definition) is 2. The molecule has 1 aliphatic rings. The van der Waals surface area contributed by atoms with E-state index in [2.05, 4.69) is 4.90 Å². The van der Waals surface area contributed by atoms with Crippen molar-refractivity contribution < 1.29 is 22.8 Å². The number of nitrogens with one attached hydrogen (secondary N) is 1. The van der Waals surface area contributed by atoms with Crippen LogP contribution < -0.4 is 11.1 Å². The van der Waals surface area contributed by atoms with E-state index < -0.39 is 35.0 Å². The summed E-state index contributed by atoms with van der Waals surface area (Å²) in [6, 6.07) is 1.53. The van der Waals surface area contributed by atoms with Crippen molar-refractivity contribution in [3.05, 3.63) is 29.6 Å². The number of nitrogens with two attached hydrogens (primary N) is 1. The van der Waals surface area contributed by atoms with Crippen molar-refractivity contribution in [1.82, 2.24) is 9.80 Å². The summed E-state index contributed by atoms with van der Waals surface area (Å²) in [5.41, 5.74) is 4.87. The Morgan fingerprint density at radius 1 is 1.09 bits per heavy atom. The van der Waals surface area contributed by atoms with Crippen molar-refractivity contribution >= 4 is 17.5 Å². The lowest BCUT2D eigenvalue weighted by molar-refractivity contribution is -0.144. The van der Waals surface area contributed by atoms with Gasteiger partial charge in [0.25, 0.3) is 0 Å². The van der Waals surface area contributed by atoms with Gasteiger partial charge in [0.05, 0.1) is 5.69 Å². The first kappa shape index (κ1) is 17.2. The summed E-state index contributed by atoms with van der Waals surface area (Å²) in [5.74, 6) is -6.56. The molecule has 2 amide bonds. The number of rotatable bonds is 3. The molecule has 126 valence electrons. The van der Waals surface area contributed by atoms with Crippen LogP contribution in [-0.2, 0) is 9.59 Å². The molecule has 1 aliphatic heterocycles. The van der Waals surface area contributed by atoms with E-state index in [4.69, 9.17) is 5.73 Å². The van der Waals surface area contributed by atoms with Crippen molar-refractivity contribution in [3.63, 3.8) is 0 Å². The first-order chi connectivity index (χ1) is 10.9. The lowest BCUT2D eigenvalue weighted by atomic mass is 10.2. The molecule has 0 saturated carbocycles. The lowest BCUT2D eigenvalue weighted by Crippen LogP contribution is -2.52. The Balaban J connectivity index is 1.96. The number of nitrogens with zero attached hydrogens (tertiary/aromatic N) is 2. The Morgan fingerprint density at radius 2 is 1.74 bits per heavy atom. The SMILES string of the molecule is NCCN1CCN(C(=O)C(=O)Nc2ccc(F)c(F)c2F)CC1. The van der Waals surface area contributed by atoms with Crippen LogP contribution in [0.2, 0.25) is 0 Å². The number of hydrogen-bond acceptors (Lipinski definition) is 4. The zero-order chi connectivity index (χ0) is 17.0. The van der Waals surface area contributed by atoms with E-state index in [0.717, 1.165) is 6.07 Å². The predicted molar refractivity (Wildman–Crippen MR) is 77.0 cm³/mol. The number of amides is 2. The third-order valence-electron chi connectivity index (χ3n) is 3.58. The molecule has 1 heterocycles. The highest BCUT2D eigenvalue weighted by molar-refractivity contribution is 6.39. The van der Waals surface area contributed by atoms with Crippen molar-refractivity contribution in [2.75, 3.05) is 44.6 Å². The molecule has 0 atom stereocenters. The van der Waals surface area contributed by atoms with Crippen LogP contribution in [0.3, 0.4) is 0 Å². The van der Waals surface area contributed by atoms with E-state index in [1.807, 2.05) is 5.32 Å². The molecule has 6 nitrogen and oxygen atoms in total. The minimum atomic E-state index is -1.70. The zero-order valence-electron chi connectivity index (χ0n) is 12.3. The van der Waals surface area contributed by atoms with Crippen LogP contribution in [0.25, 0.3) is 0 Å². The van der Waals surface area contributed by atoms with Gasteiger partial charge in [-0.2, -0.15) is 0 Å². The molecule has 23 heavy (non-hydrogen) atoms. The molecule has 1 fully saturated rings. The quantitative estimate of drug-likeness (QED) is 0.611. The van der Waals surface area contributed by atoms with Gasteiger partial charge in [0.2, 0.25) is 0 Å². The smallest absolute Gasteiger partial charge is 0.313 e. The monoisotopic (exact) mass is 330 g/mol. The molecule has 1 aromatic carbocycles. The van der Waals surface area contributed by atoms with E-state index in [9.17, 15) is 22.8 Å². The average Bonchev–Trinajstić information content (AvgIpc) is 2.55. The number of anilines is 1. The van der Waals surface area contributed by atoms with Crippen LogP contribution in [0.1, 0.15) is 0 Å². The zero-order valence-corrected chi connectivity index (χ0v) is 12.3. The topological polar surface area (TPSA) is 78.7 Å². The van der Waals surface area contributed by atoms with E-state index in [-0.39, 0.29) is 0 Å². The van der Waals surface area contributed by atoms with Gasteiger partial charge in [-0.25, -0.2) is 13.2 Å². The molecule has 2 rings (SSSR count). The van der Waals surface area contributed by atoms with Gasteiger partial charge in [-0.3, -0.25) is 14.5 Å². The van der Waals surface area contributed by atoms with Crippen LogP contribution in [0.5, 0.6) is 0 Å². The standard InChI is InChI=1S/C14H17F3N4O2/c15-9-1-2-10(12(17)11(9)16)19-13(22)14(23)21-7-5-20(4-3-18)6-8-21/h1-2H,3-8,18H2,(H,19,22). The number of carbonyl (C=O) groups is 2. The van der Waals surface area contributed by atoms with Crippen LogP contribution in [0.4, 0.5) is 18.9 Å². The summed E-state index contributed by atoms with van der Waals surface area (Å²) in [7, 11) is 0. The van der Waals surface area contributed by atoms with Crippen molar-refractivity contribution in [2.24, 2.45) is 5.73 Å². The maximum Gasteiger partial charge on any atom is 0.313 e. The summed E-state index contributed by atoms with van der Waals surface area (Å²) >= 11 is 0. The van der Waals surface area contributed by atoms with Gasteiger partial charge >= 0.3 is 11.8 Å². The Bertz CT molecular complexity index is 604. The number of benzene rings is 1. The third-order valence-corrected chi connectivity index (χ3v) is 3.58. The van der Waals surface area contributed by atoms with E-state index in [1.54, 1.807) is 0 Å². The maximum atomic E-state index is 13.5. The molecule has 9 heteroatoms. The fraction of sp³-hybridized carbons (Fsp3) is 0.429. The average molecular weight is 330 g/mol. The molecular formula is C14H17F3N4O2. The number of carbonyl (C=O) groups excluding carboxylic acids is 2. The molecule has 0 aliphatic carbocycles. The molecule has 0 unspecified atom stereocenters. The Hall–Kier alpha value is -2.13. The fourth-order valence-electron chi connectivity index (χ4n) is 2.30. The summed E-state index contributed by atoms with van der Waals surface area (Å²) < 4.78 is 39.4. The second-order valence-electron chi connectivity index (χ2n) is 5.10. The van der Waals surface area contributed by atoms with Crippen LogP contribution in [0, 0.1) is 17.5 Å². The Labute approximate surface area is 131 Å². The van der Waals surface area contributed by atoms with Gasteiger partial charge in [-0.1, -0.05) is 0 Å². The normalized spacial score (nSPS) is 15.6. The van der Waals surface area contributed by atoms with E-state index >= 15 is 0 Å². The highest BCUT2D eigenvalue weighted by Gasteiger charge is 2.27. The van der Waals surface area contributed by atoms with Gasteiger partial charge in [0.15, 0.2) is 17.5 Å². The van der Waals surface area contributed by atoms with Crippen molar-refractivity contribution in [3.8, 4) is 0 Å². The molecular weight excluding hydrogens is 313 g/mol. The molecule has 0 radical (unpaired) electrons. The molecule has 0 spiro atoms. The molecule has 1 saturated heterocycles. The van der Waals surface area contributed by atoms with Crippen molar-refractivity contribution in [2.45, 2.75) is 0 Å². The molecule has 0 aromatic heterocycles. The molecule has 3 N–H and O–H groups in total. The van der Waals surface area contributed by atoms with Gasteiger partial charge in [-0.15, -0.1) is 0 Å². The summed E-state index contributed by atoms with van der Waals surface area (Å²) in [6.45, 7) is 3.04. The largest absolute Gasteiger partial charge is 0.332 e. The van der Waals surface area contributed by atoms with Gasteiger partial charge in [0.1, 0.15) is 0 Å². The fourth-order valence-corrected chi connectivity index (χ4v) is 2.30. The molecule has 1 aromatic rings. The van der Waals surface area contributed by atoms with Crippen LogP contribution >= 0.6 is 0 Å². The summed E-state index contributed by atoms with van der Waals surface area (Å²) in [4.78, 5) is 27.2. The Morgan fingerprint density at radius 3 is 2.35 bits per heavy atom. The van der Waals surface area contributed by atoms with Gasteiger partial charge in [-0.05, 0) is 12.1 Å². The summed E-state index contributed by atoms with van der Waals surface area (Å²) in [5, 5.41) is 1.97. The van der Waals surface area contributed by atoms with Crippen molar-refractivity contribution in [1.29, 1.82) is 0 Å². The Kier molecular flexibility index (Phi) is 5.56. The number of piperazine rings is 1. The third kappa shape index (κ3) is 3.99. The van der Waals surface area contributed by atoms with Crippen LogP contribution in [-0.4, -0.2) is 60.9 Å². The number of halogens is 3. The van der Waals surface area contributed by atoms with Gasteiger partial charge in [0, 0.05) is 39.3 Å². The van der Waals surface area contributed by atoms with Gasteiger partial charge < -0.3 is 16.0 Å². The second-order valence-corrected chi connectivity index (χ2v) is 5.10. The minimum Gasteiger partial charge on any atom is -0.332 e.